The third kappa shape index (κ3) is 4.89. The first-order valence-electron chi connectivity index (χ1n) is 6.04. The summed E-state index contributed by atoms with van der Waals surface area (Å²) in [7, 11) is 0. The van der Waals surface area contributed by atoms with Crippen LogP contribution in [0, 0.1) is 6.92 Å². The average molecular weight is 285 g/mol. The summed E-state index contributed by atoms with van der Waals surface area (Å²) in [5.41, 5.74) is 1.46. The van der Waals surface area contributed by atoms with Crippen LogP contribution in [0.15, 0.2) is 18.2 Å². The van der Waals surface area contributed by atoms with Gasteiger partial charge in [0.2, 0.25) is 5.91 Å². The second kappa shape index (κ2) is 7.11. The fourth-order valence-corrected chi connectivity index (χ4v) is 1.81. The second-order valence-corrected chi connectivity index (χ2v) is 4.69. The number of hydrogen-bond acceptors (Lipinski definition) is 3. The van der Waals surface area contributed by atoms with Crippen LogP contribution in [-0.2, 0) is 9.59 Å². The van der Waals surface area contributed by atoms with Crippen molar-refractivity contribution in [3.63, 3.8) is 0 Å². The number of quaternary nitrogens is 1. The number of likely N-dealkylation sites (N-methyl/N-ethyl adjacent to an activating group) is 1. The van der Waals surface area contributed by atoms with Crippen molar-refractivity contribution in [1.29, 1.82) is 0 Å². The molecule has 1 amide bonds. The molecule has 0 bridgehead atoms. The van der Waals surface area contributed by atoms with Gasteiger partial charge in [0.25, 0.3) is 0 Å². The van der Waals surface area contributed by atoms with E-state index in [4.69, 9.17) is 11.6 Å². The number of carboxylic acids is 1. The summed E-state index contributed by atoms with van der Waals surface area (Å²) in [5, 5.41) is 15.6. The van der Waals surface area contributed by atoms with Crippen LogP contribution in [0.3, 0.4) is 0 Å². The summed E-state index contributed by atoms with van der Waals surface area (Å²) >= 11 is 5.94. The fraction of sp³-hybridized carbons (Fsp3) is 0.385. The largest absolute Gasteiger partial charge is 0.544 e. The number of hydrogen-bond donors (Lipinski definition) is 2. The average Bonchev–Trinajstić information content (AvgIpc) is 2.33. The molecule has 0 aromatic heterocycles. The highest BCUT2D eigenvalue weighted by Gasteiger charge is 2.17. The van der Waals surface area contributed by atoms with E-state index >= 15 is 0 Å². The molecule has 0 heterocycles. The van der Waals surface area contributed by atoms with Crippen LogP contribution in [0.5, 0.6) is 0 Å². The molecule has 3 N–H and O–H groups in total. The van der Waals surface area contributed by atoms with Gasteiger partial charge in [0.05, 0.1) is 18.9 Å². The van der Waals surface area contributed by atoms with E-state index < -0.39 is 12.0 Å². The maximum Gasteiger partial charge on any atom is 0.230 e. The Morgan fingerprint density at radius 1 is 1.47 bits per heavy atom. The molecule has 1 aromatic rings. The van der Waals surface area contributed by atoms with E-state index in [0.717, 1.165) is 5.56 Å². The van der Waals surface area contributed by atoms with Crippen LogP contribution >= 0.6 is 11.6 Å². The lowest BCUT2D eigenvalue weighted by Gasteiger charge is -2.15. The van der Waals surface area contributed by atoms with Crippen LogP contribution in [0.1, 0.15) is 18.9 Å². The van der Waals surface area contributed by atoms with Crippen molar-refractivity contribution in [2.24, 2.45) is 0 Å². The van der Waals surface area contributed by atoms with Gasteiger partial charge >= 0.3 is 0 Å². The summed E-state index contributed by atoms with van der Waals surface area (Å²) in [5.74, 6) is -1.61. The van der Waals surface area contributed by atoms with Crippen LogP contribution < -0.4 is 15.7 Å². The number of aliphatic carboxylic acids is 1. The van der Waals surface area contributed by atoms with Gasteiger partial charge in [0, 0.05) is 10.7 Å². The molecule has 1 aromatic carbocycles. The molecule has 104 valence electrons. The highest BCUT2D eigenvalue weighted by Crippen LogP contribution is 2.19. The maximum atomic E-state index is 11.7. The van der Waals surface area contributed by atoms with E-state index in [1.807, 2.05) is 13.8 Å². The zero-order chi connectivity index (χ0) is 14.4. The van der Waals surface area contributed by atoms with E-state index in [1.165, 1.54) is 0 Å². The van der Waals surface area contributed by atoms with Crippen LogP contribution in [-0.4, -0.2) is 24.5 Å². The molecule has 0 radical (unpaired) electrons. The first kappa shape index (κ1) is 15.5. The van der Waals surface area contributed by atoms with Gasteiger partial charge < -0.3 is 20.5 Å². The van der Waals surface area contributed by atoms with Gasteiger partial charge in [0.15, 0.2) is 0 Å². The molecule has 0 unspecified atom stereocenters. The molecule has 0 saturated carbocycles. The Balaban J connectivity index is 2.63. The van der Waals surface area contributed by atoms with Crippen molar-refractivity contribution in [3.05, 3.63) is 28.8 Å². The Morgan fingerprint density at radius 3 is 2.68 bits per heavy atom. The van der Waals surface area contributed by atoms with E-state index in [1.54, 1.807) is 23.5 Å². The summed E-state index contributed by atoms with van der Waals surface area (Å²) in [6.45, 7) is 4.24. The third-order valence-corrected chi connectivity index (χ3v) is 3.09. The number of anilines is 1. The number of halogens is 1. The molecular weight excluding hydrogens is 268 g/mol. The summed E-state index contributed by atoms with van der Waals surface area (Å²) in [6, 6.07) is 4.26. The zero-order valence-electron chi connectivity index (χ0n) is 10.9. The van der Waals surface area contributed by atoms with Crippen LogP contribution in [0.25, 0.3) is 0 Å². The Hall–Kier alpha value is -1.59. The lowest BCUT2D eigenvalue weighted by molar-refractivity contribution is -0.679. The molecule has 1 atom stereocenters. The molecule has 19 heavy (non-hydrogen) atoms. The number of amides is 1. The first-order valence-corrected chi connectivity index (χ1v) is 6.42. The maximum absolute atomic E-state index is 11.7. The normalized spacial score (nSPS) is 11.9. The Labute approximate surface area is 117 Å². The van der Waals surface area contributed by atoms with Gasteiger partial charge in [-0.3, -0.25) is 4.79 Å². The van der Waals surface area contributed by atoms with E-state index in [-0.39, 0.29) is 12.3 Å². The van der Waals surface area contributed by atoms with Crippen molar-refractivity contribution < 1.29 is 20.0 Å². The summed E-state index contributed by atoms with van der Waals surface area (Å²) in [4.78, 5) is 22.6. The number of aryl methyl sites for hydroxylation is 1. The topological polar surface area (TPSA) is 85.8 Å². The third-order valence-electron chi connectivity index (χ3n) is 2.68. The van der Waals surface area contributed by atoms with Gasteiger partial charge in [-0.2, -0.15) is 0 Å². The fourth-order valence-electron chi connectivity index (χ4n) is 1.63. The molecule has 0 saturated heterocycles. The molecular formula is C13H17ClN2O3. The number of nitrogens with one attached hydrogen (secondary N) is 1. The van der Waals surface area contributed by atoms with Crippen molar-refractivity contribution in [2.45, 2.75) is 26.3 Å². The van der Waals surface area contributed by atoms with E-state index in [2.05, 4.69) is 5.32 Å². The van der Waals surface area contributed by atoms with Gasteiger partial charge in [-0.05, 0) is 31.5 Å². The van der Waals surface area contributed by atoms with Crippen molar-refractivity contribution in [3.8, 4) is 0 Å². The van der Waals surface area contributed by atoms with E-state index in [0.29, 0.717) is 17.3 Å². The summed E-state index contributed by atoms with van der Waals surface area (Å²) in [6.07, 6.45) is -0.137. The molecule has 5 nitrogen and oxygen atoms in total. The highest BCUT2D eigenvalue weighted by atomic mass is 35.5. The minimum absolute atomic E-state index is 0.137. The smallest absolute Gasteiger partial charge is 0.230 e. The minimum Gasteiger partial charge on any atom is -0.544 e. The van der Waals surface area contributed by atoms with Crippen LogP contribution in [0.4, 0.5) is 5.69 Å². The Kier molecular flexibility index (Phi) is 5.79. The zero-order valence-corrected chi connectivity index (χ0v) is 11.7. The SMILES string of the molecule is CC[NH2+][C@@H](CC(=O)Nc1ccc(C)c(Cl)c1)C(=O)[O-]. The second-order valence-electron chi connectivity index (χ2n) is 4.29. The van der Waals surface area contributed by atoms with E-state index in [9.17, 15) is 14.7 Å². The Bertz CT molecular complexity index is 477. The molecule has 1 rings (SSSR count). The monoisotopic (exact) mass is 284 g/mol. The van der Waals surface area contributed by atoms with Gasteiger partial charge in [0.1, 0.15) is 6.04 Å². The lowest BCUT2D eigenvalue weighted by Crippen LogP contribution is -2.93. The molecule has 0 aliphatic heterocycles. The number of carbonyl (C=O) groups is 2. The number of nitrogens with two attached hydrogens (primary N) is 1. The predicted octanol–water partition coefficient (Wildman–Crippen LogP) is -0.321. The number of benzene rings is 1. The van der Waals surface area contributed by atoms with Crippen molar-refractivity contribution >= 4 is 29.2 Å². The van der Waals surface area contributed by atoms with Gasteiger partial charge in [-0.15, -0.1) is 0 Å². The van der Waals surface area contributed by atoms with Gasteiger partial charge in [-0.25, -0.2) is 0 Å². The van der Waals surface area contributed by atoms with Crippen molar-refractivity contribution in [1.82, 2.24) is 0 Å². The van der Waals surface area contributed by atoms with Crippen molar-refractivity contribution in [2.75, 3.05) is 11.9 Å². The molecule has 0 aliphatic carbocycles. The molecule has 0 fully saturated rings. The summed E-state index contributed by atoms with van der Waals surface area (Å²) < 4.78 is 0. The molecule has 0 spiro atoms. The molecule has 0 aliphatic rings. The lowest BCUT2D eigenvalue weighted by atomic mass is 10.2. The number of carbonyl (C=O) groups excluding carboxylic acids is 2. The van der Waals surface area contributed by atoms with Crippen LogP contribution in [0.2, 0.25) is 5.02 Å². The highest BCUT2D eigenvalue weighted by molar-refractivity contribution is 6.31. The minimum atomic E-state index is -1.24. The first-order chi connectivity index (χ1) is 8.93. The quantitative estimate of drug-likeness (QED) is 0.751. The van der Waals surface area contributed by atoms with Gasteiger partial charge in [-0.1, -0.05) is 17.7 Å². The molecule has 6 heteroatoms. The number of carboxylic acid groups (broad SMARTS) is 1. The standard InChI is InChI=1S/C13H17ClN2O3/c1-3-15-11(13(18)19)7-12(17)16-9-5-4-8(2)10(14)6-9/h4-6,11,15H,3,7H2,1-2H3,(H,16,17)(H,18,19)/t11-/m0/s1. The Morgan fingerprint density at radius 2 is 2.16 bits per heavy atom. The number of rotatable bonds is 6. The predicted molar refractivity (Wildman–Crippen MR) is 70.7 cm³/mol.